The van der Waals surface area contributed by atoms with Crippen molar-refractivity contribution in [3.8, 4) is 6.07 Å². The van der Waals surface area contributed by atoms with Gasteiger partial charge in [-0.15, -0.1) is 0 Å². The summed E-state index contributed by atoms with van der Waals surface area (Å²) in [6, 6.07) is 32.1. The summed E-state index contributed by atoms with van der Waals surface area (Å²) >= 11 is 0. The molecule has 1 aliphatic heterocycles. The summed E-state index contributed by atoms with van der Waals surface area (Å²) in [4.78, 5) is 13.0. The van der Waals surface area contributed by atoms with E-state index >= 15 is 0 Å². The molecule has 31 heavy (non-hydrogen) atoms. The highest BCUT2D eigenvalue weighted by Gasteiger charge is 2.52. The maximum atomic E-state index is 13.0. The molecule has 3 aromatic rings. The minimum Gasteiger partial charge on any atom is -0.284 e. The Bertz CT molecular complexity index is 1050. The Morgan fingerprint density at radius 2 is 1.58 bits per heavy atom. The largest absolute Gasteiger partial charge is 0.284 e. The van der Waals surface area contributed by atoms with Gasteiger partial charge in [0.05, 0.1) is 12.1 Å². The molecule has 1 aliphatic rings. The van der Waals surface area contributed by atoms with Gasteiger partial charge >= 0.3 is 0 Å². The first-order valence-corrected chi connectivity index (χ1v) is 10.8. The fourth-order valence-corrected chi connectivity index (χ4v) is 4.77. The zero-order valence-corrected chi connectivity index (χ0v) is 17.7. The predicted octanol–water partition coefficient (Wildman–Crippen LogP) is 4.89. The number of carbonyl (C=O) groups excluding carboxylic acids is 1. The topological polar surface area (TPSA) is 56.1 Å². The number of benzene rings is 3. The second-order valence-corrected chi connectivity index (χ2v) is 8.26. The molecule has 4 heteroatoms. The number of hydrogen-bond donors (Lipinski definition) is 1. The maximum Gasteiger partial charge on any atom is 0.265 e. The summed E-state index contributed by atoms with van der Waals surface area (Å²) in [5.74, 6) is -0.140. The third kappa shape index (κ3) is 4.23. The van der Waals surface area contributed by atoms with Crippen LogP contribution in [0.15, 0.2) is 91.0 Å². The smallest absolute Gasteiger partial charge is 0.265 e. The van der Waals surface area contributed by atoms with Gasteiger partial charge in [0, 0.05) is 11.6 Å². The van der Waals surface area contributed by atoms with Gasteiger partial charge in [0.15, 0.2) is 0 Å². The summed E-state index contributed by atoms with van der Waals surface area (Å²) in [5, 5.41) is 12.5. The van der Waals surface area contributed by atoms with Gasteiger partial charge in [-0.05, 0) is 49.4 Å². The van der Waals surface area contributed by atoms with Gasteiger partial charge in [-0.2, -0.15) is 5.26 Å². The van der Waals surface area contributed by atoms with E-state index in [9.17, 15) is 10.1 Å². The van der Waals surface area contributed by atoms with E-state index < -0.39 is 5.41 Å². The third-order valence-electron chi connectivity index (χ3n) is 6.30. The number of nitrogens with one attached hydrogen (secondary N) is 1. The molecule has 156 valence electrons. The fourth-order valence-electron chi connectivity index (χ4n) is 4.77. The molecule has 4 nitrogen and oxygen atoms in total. The van der Waals surface area contributed by atoms with Gasteiger partial charge in [0.1, 0.15) is 5.41 Å². The number of nitriles is 1. The molecule has 1 N–H and O–H groups in total. The minimum absolute atomic E-state index is 0.0355. The molecule has 3 atom stereocenters. The monoisotopic (exact) mass is 409 g/mol. The van der Waals surface area contributed by atoms with Crippen LogP contribution in [0.2, 0.25) is 0 Å². The van der Waals surface area contributed by atoms with Crippen molar-refractivity contribution in [2.24, 2.45) is 0 Å². The maximum absolute atomic E-state index is 13.0. The number of rotatable bonds is 6. The number of amides is 1. The van der Waals surface area contributed by atoms with Crippen molar-refractivity contribution in [1.82, 2.24) is 10.4 Å². The number of aryl methyl sites for hydroxylation is 1. The van der Waals surface area contributed by atoms with Gasteiger partial charge < -0.3 is 0 Å². The zero-order valence-electron chi connectivity index (χ0n) is 17.7. The van der Waals surface area contributed by atoms with E-state index in [1.165, 1.54) is 5.56 Å². The molecule has 0 bridgehead atoms. The zero-order chi connectivity index (χ0) is 21.7. The van der Waals surface area contributed by atoms with E-state index in [0.29, 0.717) is 12.0 Å². The van der Waals surface area contributed by atoms with Gasteiger partial charge in [-0.3, -0.25) is 10.2 Å². The van der Waals surface area contributed by atoms with Crippen LogP contribution < -0.4 is 5.43 Å². The molecule has 0 aromatic heterocycles. The lowest BCUT2D eigenvalue weighted by Crippen LogP contribution is -2.52. The number of hydrogen-bond acceptors (Lipinski definition) is 3. The highest BCUT2D eigenvalue weighted by molar-refractivity contribution is 5.93. The van der Waals surface area contributed by atoms with E-state index in [2.05, 4.69) is 30.6 Å². The Morgan fingerprint density at radius 3 is 2.19 bits per heavy atom. The van der Waals surface area contributed by atoms with Crippen molar-refractivity contribution in [2.45, 2.75) is 43.7 Å². The van der Waals surface area contributed by atoms with Crippen LogP contribution in [-0.2, 0) is 11.8 Å². The third-order valence-corrected chi connectivity index (χ3v) is 6.30. The lowest BCUT2D eigenvalue weighted by atomic mass is 9.73. The minimum atomic E-state index is -0.681. The van der Waals surface area contributed by atoms with Crippen molar-refractivity contribution in [3.63, 3.8) is 0 Å². The average Bonchev–Trinajstić information content (AvgIpc) is 3.11. The lowest BCUT2D eigenvalue weighted by Gasteiger charge is -2.34. The van der Waals surface area contributed by atoms with Gasteiger partial charge in [-0.25, -0.2) is 5.01 Å². The van der Waals surface area contributed by atoms with Crippen LogP contribution in [0.25, 0.3) is 0 Å². The summed E-state index contributed by atoms with van der Waals surface area (Å²) in [6.07, 6.45) is 2.28. The summed E-state index contributed by atoms with van der Waals surface area (Å²) < 4.78 is 0. The molecule has 1 saturated heterocycles. The van der Waals surface area contributed by atoms with Crippen LogP contribution in [0.1, 0.15) is 41.3 Å². The van der Waals surface area contributed by atoms with Crippen molar-refractivity contribution >= 4 is 5.91 Å². The van der Waals surface area contributed by atoms with Gasteiger partial charge in [-0.1, -0.05) is 78.9 Å². The highest BCUT2D eigenvalue weighted by atomic mass is 16.2. The molecule has 1 fully saturated rings. The molecule has 1 heterocycles. The lowest BCUT2D eigenvalue weighted by molar-refractivity contribution is 0.0645. The van der Waals surface area contributed by atoms with Crippen LogP contribution in [-0.4, -0.2) is 23.0 Å². The number of nitrogens with zero attached hydrogens (tertiary/aromatic N) is 2. The van der Waals surface area contributed by atoms with Crippen molar-refractivity contribution in [3.05, 3.63) is 108 Å². The van der Waals surface area contributed by atoms with Crippen LogP contribution in [0.5, 0.6) is 0 Å². The van der Waals surface area contributed by atoms with Crippen LogP contribution >= 0.6 is 0 Å². The van der Waals surface area contributed by atoms with Crippen molar-refractivity contribution in [1.29, 1.82) is 5.26 Å². The van der Waals surface area contributed by atoms with Gasteiger partial charge in [0.25, 0.3) is 5.91 Å². The molecule has 1 amide bonds. The first kappa shape index (κ1) is 20.8. The number of carbonyl (C=O) groups is 1. The fraction of sp³-hybridized carbons (Fsp3) is 0.259. The quantitative estimate of drug-likeness (QED) is 0.631. The Labute approximate surface area is 184 Å². The molecule has 0 saturated carbocycles. The SMILES string of the molecule is C[C@H]1C[C@@](C#N)(c2ccccc2)[C@H](CCc2ccccc2)N1NC(=O)c1ccccc1. The second kappa shape index (κ2) is 9.16. The van der Waals surface area contributed by atoms with Gasteiger partial charge in [0.2, 0.25) is 0 Å². The number of hydrazine groups is 1. The second-order valence-electron chi connectivity index (χ2n) is 8.26. The van der Waals surface area contributed by atoms with E-state index in [0.717, 1.165) is 18.4 Å². The predicted molar refractivity (Wildman–Crippen MR) is 122 cm³/mol. The van der Waals surface area contributed by atoms with Crippen LogP contribution in [0, 0.1) is 11.3 Å². The standard InChI is InChI=1S/C27H27N3O/c1-21-19-27(20-28,24-15-9-4-10-16-24)25(18-17-22-11-5-2-6-12-22)30(21)29-26(31)23-13-7-3-8-14-23/h2-16,21,25H,17-19H2,1H3,(H,29,31)/t21-,25-,27+/m0/s1. The van der Waals surface area contributed by atoms with Crippen molar-refractivity contribution < 1.29 is 4.79 Å². The Kier molecular flexibility index (Phi) is 6.16. The van der Waals surface area contributed by atoms with E-state index in [1.807, 2.05) is 83.9 Å². The Hall–Kier alpha value is -3.42. The van der Waals surface area contributed by atoms with Crippen LogP contribution in [0.4, 0.5) is 0 Å². The molecule has 3 aromatic carbocycles. The van der Waals surface area contributed by atoms with Crippen molar-refractivity contribution in [2.75, 3.05) is 0 Å². The summed E-state index contributed by atoms with van der Waals surface area (Å²) in [6.45, 7) is 2.09. The Morgan fingerprint density at radius 1 is 1.00 bits per heavy atom. The molecular formula is C27H27N3O. The van der Waals surface area contributed by atoms with Crippen LogP contribution in [0.3, 0.4) is 0 Å². The first-order chi connectivity index (χ1) is 15.1. The first-order valence-electron chi connectivity index (χ1n) is 10.8. The van der Waals surface area contributed by atoms with E-state index in [-0.39, 0.29) is 18.0 Å². The highest BCUT2D eigenvalue weighted by Crippen LogP contribution is 2.44. The molecule has 0 spiro atoms. The summed E-state index contributed by atoms with van der Waals surface area (Å²) in [5.41, 5.74) is 5.31. The molecule has 0 radical (unpaired) electrons. The summed E-state index contributed by atoms with van der Waals surface area (Å²) in [7, 11) is 0. The van der Waals surface area contributed by atoms with E-state index in [1.54, 1.807) is 0 Å². The molecule has 4 rings (SSSR count). The van der Waals surface area contributed by atoms with E-state index in [4.69, 9.17) is 0 Å². The molecular weight excluding hydrogens is 382 g/mol. The normalized spacial score (nSPS) is 23.2. The average molecular weight is 410 g/mol. The Balaban J connectivity index is 1.67. The molecule has 0 aliphatic carbocycles. The molecule has 0 unspecified atom stereocenters.